The van der Waals surface area contributed by atoms with Gasteiger partial charge in [0.1, 0.15) is 6.04 Å². The Morgan fingerprint density at radius 1 is 1.19 bits per heavy atom. The standard InChI is InChI=1S/C12H20F3N3O.2ClH/c1-9(12(13,14)15)17-4-6-18(7-5-17)11(19)10-2-3-16-8-10;;/h9-10,16H,2-8H2,1H3;2*1H. The number of carbonyl (C=O) groups excluding carboxylic acids is 1. The minimum Gasteiger partial charge on any atom is -0.340 e. The van der Waals surface area contributed by atoms with E-state index in [0.29, 0.717) is 32.7 Å². The molecule has 2 rings (SSSR count). The van der Waals surface area contributed by atoms with E-state index in [4.69, 9.17) is 0 Å². The fraction of sp³-hybridized carbons (Fsp3) is 0.917. The Bertz CT molecular complexity index is 330. The summed E-state index contributed by atoms with van der Waals surface area (Å²) in [5.41, 5.74) is 0. The van der Waals surface area contributed by atoms with Crippen LogP contribution in [0.3, 0.4) is 0 Å². The quantitative estimate of drug-likeness (QED) is 0.819. The molecule has 0 aliphatic carbocycles. The van der Waals surface area contributed by atoms with Crippen LogP contribution in [-0.2, 0) is 4.79 Å². The maximum absolute atomic E-state index is 12.6. The fourth-order valence-corrected chi connectivity index (χ4v) is 2.66. The minimum absolute atomic E-state index is 0. The third kappa shape index (κ3) is 5.16. The van der Waals surface area contributed by atoms with E-state index in [1.165, 1.54) is 11.8 Å². The van der Waals surface area contributed by atoms with Gasteiger partial charge in [0, 0.05) is 32.7 Å². The van der Waals surface area contributed by atoms with Gasteiger partial charge in [-0.25, -0.2) is 0 Å². The summed E-state index contributed by atoms with van der Waals surface area (Å²) in [5.74, 6) is 0.0934. The van der Waals surface area contributed by atoms with Gasteiger partial charge in [0.25, 0.3) is 0 Å². The highest BCUT2D eigenvalue weighted by Gasteiger charge is 2.41. The second-order valence-electron chi connectivity index (χ2n) is 5.27. The zero-order chi connectivity index (χ0) is 14.0. The van der Waals surface area contributed by atoms with E-state index in [9.17, 15) is 18.0 Å². The van der Waals surface area contributed by atoms with Gasteiger partial charge in [-0.15, -0.1) is 24.8 Å². The molecule has 0 saturated carbocycles. The Morgan fingerprint density at radius 2 is 1.76 bits per heavy atom. The summed E-state index contributed by atoms with van der Waals surface area (Å²) >= 11 is 0. The van der Waals surface area contributed by atoms with Crippen LogP contribution >= 0.6 is 24.8 Å². The number of nitrogens with zero attached hydrogens (tertiary/aromatic N) is 2. The molecule has 2 aliphatic heterocycles. The van der Waals surface area contributed by atoms with Crippen molar-refractivity contribution >= 4 is 30.7 Å². The Hall–Kier alpha value is -0.240. The molecule has 2 aliphatic rings. The van der Waals surface area contributed by atoms with Crippen LogP contribution in [0, 0.1) is 5.92 Å². The van der Waals surface area contributed by atoms with E-state index in [1.54, 1.807) is 4.90 Å². The van der Waals surface area contributed by atoms with Crippen molar-refractivity contribution in [3.8, 4) is 0 Å². The molecule has 126 valence electrons. The smallest absolute Gasteiger partial charge is 0.340 e. The monoisotopic (exact) mass is 351 g/mol. The van der Waals surface area contributed by atoms with Gasteiger partial charge in [-0.1, -0.05) is 0 Å². The molecule has 4 nitrogen and oxygen atoms in total. The summed E-state index contributed by atoms with van der Waals surface area (Å²) in [6.45, 7) is 4.11. The lowest BCUT2D eigenvalue weighted by molar-refractivity contribution is -0.183. The van der Waals surface area contributed by atoms with Crippen LogP contribution in [0.2, 0.25) is 0 Å². The second-order valence-corrected chi connectivity index (χ2v) is 5.27. The van der Waals surface area contributed by atoms with Crippen LogP contribution < -0.4 is 5.32 Å². The second kappa shape index (κ2) is 8.41. The van der Waals surface area contributed by atoms with Crippen LogP contribution in [0.5, 0.6) is 0 Å². The SMILES string of the molecule is CC(N1CCN(C(=O)C2CCNC2)CC1)C(F)(F)F.Cl.Cl. The Kier molecular flexibility index (Phi) is 8.31. The highest BCUT2D eigenvalue weighted by atomic mass is 35.5. The van der Waals surface area contributed by atoms with Crippen LogP contribution in [-0.4, -0.2) is 67.2 Å². The number of nitrogens with one attached hydrogen (secondary N) is 1. The maximum Gasteiger partial charge on any atom is 0.403 e. The molecule has 0 aromatic heterocycles. The molecule has 2 fully saturated rings. The summed E-state index contributed by atoms with van der Waals surface area (Å²) in [6, 6.07) is -1.43. The number of alkyl halides is 3. The largest absolute Gasteiger partial charge is 0.403 e. The number of carbonyl (C=O) groups is 1. The van der Waals surface area contributed by atoms with Crippen molar-refractivity contribution in [2.24, 2.45) is 5.92 Å². The van der Waals surface area contributed by atoms with Crippen molar-refractivity contribution < 1.29 is 18.0 Å². The molecular weight excluding hydrogens is 330 g/mol. The predicted molar refractivity (Wildman–Crippen MR) is 79.1 cm³/mol. The van der Waals surface area contributed by atoms with Gasteiger partial charge >= 0.3 is 6.18 Å². The number of hydrogen-bond acceptors (Lipinski definition) is 3. The van der Waals surface area contributed by atoms with Crippen molar-refractivity contribution in [3.63, 3.8) is 0 Å². The number of piperazine rings is 1. The van der Waals surface area contributed by atoms with Gasteiger partial charge in [-0.2, -0.15) is 13.2 Å². The predicted octanol–water partition coefficient (Wildman–Crippen LogP) is 1.53. The van der Waals surface area contributed by atoms with E-state index in [-0.39, 0.29) is 36.6 Å². The van der Waals surface area contributed by atoms with Crippen molar-refractivity contribution in [3.05, 3.63) is 0 Å². The topological polar surface area (TPSA) is 35.6 Å². The molecule has 0 aromatic carbocycles. The highest BCUT2D eigenvalue weighted by molar-refractivity contribution is 5.85. The maximum atomic E-state index is 12.6. The molecule has 9 heteroatoms. The Morgan fingerprint density at radius 3 is 2.19 bits per heavy atom. The molecule has 0 spiro atoms. The third-order valence-electron chi connectivity index (χ3n) is 4.06. The first-order valence-electron chi connectivity index (χ1n) is 6.70. The van der Waals surface area contributed by atoms with E-state index in [2.05, 4.69) is 5.32 Å². The van der Waals surface area contributed by atoms with Gasteiger partial charge in [0.2, 0.25) is 5.91 Å². The Balaban J connectivity index is 0.00000200. The lowest BCUT2D eigenvalue weighted by Gasteiger charge is -2.39. The molecule has 0 radical (unpaired) electrons. The van der Waals surface area contributed by atoms with Crippen LogP contribution in [0.15, 0.2) is 0 Å². The molecule has 0 bridgehead atoms. The first-order chi connectivity index (χ1) is 8.89. The summed E-state index contributed by atoms with van der Waals surface area (Å²) in [4.78, 5) is 15.2. The van der Waals surface area contributed by atoms with Crippen LogP contribution in [0.4, 0.5) is 13.2 Å². The highest BCUT2D eigenvalue weighted by Crippen LogP contribution is 2.25. The van der Waals surface area contributed by atoms with E-state index in [1.807, 2.05) is 0 Å². The first kappa shape index (κ1) is 20.8. The molecule has 1 amide bonds. The molecule has 2 unspecified atom stereocenters. The molecular formula is C12H22Cl2F3N3O. The fourth-order valence-electron chi connectivity index (χ4n) is 2.66. The van der Waals surface area contributed by atoms with E-state index in [0.717, 1.165) is 13.0 Å². The first-order valence-corrected chi connectivity index (χ1v) is 6.70. The average Bonchev–Trinajstić information content (AvgIpc) is 2.90. The normalized spacial score (nSPS) is 25.0. The summed E-state index contributed by atoms with van der Waals surface area (Å²) < 4.78 is 37.8. The lowest BCUT2D eigenvalue weighted by atomic mass is 10.1. The zero-order valence-corrected chi connectivity index (χ0v) is 13.5. The molecule has 1 N–H and O–H groups in total. The summed E-state index contributed by atoms with van der Waals surface area (Å²) in [5, 5.41) is 3.13. The number of halogens is 5. The molecule has 2 heterocycles. The van der Waals surface area contributed by atoms with Gasteiger partial charge < -0.3 is 10.2 Å². The van der Waals surface area contributed by atoms with Crippen molar-refractivity contribution in [1.82, 2.24) is 15.1 Å². The average molecular weight is 352 g/mol. The lowest BCUT2D eigenvalue weighted by Crippen LogP contribution is -2.55. The number of rotatable bonds is 2. The minimum atomic E-state index is -4.19. The van der Waals surface area contributed by atoms with Crippen LogP contribution in [0.1, 0.15) is 13.3 Å². The zero-order valence-electron chi connectivity index (χ0n) is 11.9. The van der Waals surface area contributed by atoms with Gasteiger partial charge in [-0.3, -0.25) is 9.69 Å². The summed E-state index contributed by atoms with van der Waals surface area (Å²) in [7, 11) is 0. The number of amides is 1. The van der Waals surface area contributed by atoms with Crippen molar-refractivity contribution in [2.45, 2.75) is 25.6 Å². The molecule has 2 atom stereocenters. The molecule has 2 saturated heterocycles. The van der Waals surface area contributed by atoms with Crippen molar-refractivity contribution in [1.29, 1.82) is 0 Å². The van der Waals surface area contributed by atoms with Crippen molar-refractivity contribution in [2.75, 3.05) is 39.3 Å². The van der Waals surface area contributed by atoms with Crippen LogP contribution in [0.25, 0.3) is 0 Å². The van der Waals surface area contributed by atoms with Gasteiger partial charge in [0.15, 0.2) is 0 Å². The van der Waals surface area contributed by atoms with Gasteiger partial charge in [-0.05, 0) is 19.9 Å². The van der Waals surface area contributed by atoms with Gasteiger partial charge in [0.05, 0.1) is 5.92 Å². The molecule has 21 heavy (non-hydrogen) atoms. The third-order valence-corrected chi connectivity index (χ3v) is 4.06. The summed E-state index contributed by atoms with van der Waals surface area (Å²) in [6.07, 6.45) is -3.36. The van der Waals surface area contributed by atoms with E-state index >= 15 is 0 Å². The molecule has 0 aromatic rings. The Labute approximate surface area is 135 Å². The number of hydrogen-bond donors (Lipinski definition) is 1. The van der Waals surface area contributed by atoms with E-state index < -0.39 is 12.2 Å².